The van der Waals surface area contributed by atoms with Crippen LogP contribution in [0.4, 0.5) is 5.00 Å². The molecule has 2 heterocycles. The highest BCUT2D eigenvalue weighted by Gasteiger charge is 2.29. The van der Waals surface area contributed by atoms with Gasteiger partial charge < -0.3 is 29.6 Å². The van der Waals surface area contributed by atoms with E-state index in [0.717, 1.165) is 23.1 Å². The van der Waals surface area contributed by atoms with Crippen molar-refractivity contribution in [3.05, 3.63) is 75.9 Å². The van der Waals surface area contributed by atoms with Crippen molar-refractivity contribution in [2.45, 2.75) is 51.6 Å². The molecule has 0 aliphatic heterocycles. The van der Waals surface area contributed by atoms with Crippen molar-refractivity contribution >= 4 is 51.9 Å². The summed E-state index contributed by atoms with van der Waals surface area (Å²) in [5.41, 5.74) is 1.56. The lowest BCUT2D eigenvalue weighted by Gasteiger charge is -2.15. The minimum absolute atomic E-state index is 0.0331. The monoisotopic (exact) mass is 695 g/mol. The van der Waals surface area contributed by atoms with Crippen molar-refractivity contribution in [3.8, 4) is 17.2 Å². The van der Waals surface area contributed by atoms with E-state index in [1.807, 2.05) is 19.1 Å². The summed E-state index contributed by atoms with van der Waals surface area (Å²) in [6.07, 6.45) is 0. The number of ether oxygens (including phenoxy) is 4. The Labute approximate surface area is 286 Å². The van der Waals surface area contributed by atoms with Crippen LogP contribution in [0.15, 0.2) is 53.7 Å². The number of methoxy groups -OCH3 is 1. The fraction of sp³-hybridized carbons (Fsp3) is 0.333. The predicted octanol–water partition coefficient (Wildman–Crippen LogP) is 5.45. The number of nitrogens with one attached hydrogen (secondary N) is 2. The number of nitrogens with zero attached hydrogens (tertiary/aromatic N) is 3. The maximum Gasteiger partial charge on any atom is 0.348 e. The van der Waals surface area contributed by atoms with Crippen LogP contribution in [0, 0.1) is 6.92 Å². The van der Waals surface area contributed by atoms with Gasteiger partial charge in [0, 0.05) is 11.3 Å². The van der Waals surface area contributed by atoms with E-state index in [0.29, 0.717) is 45.9 Å². The number of hydrogen-bond donors (Lipinski definition) is 2. The Bertz CT molecular complexity index is 1770. The first kappa shape index (κ1) is 36.0. The van der Waals surface area contributed by atoms with Gasteiger partial charge in [-0.2, -0.15) is 0 Å². The van der Waals surface area contributed by atoms with Crippen LogP contribution in [0.3, 0.4) is 0 Å². The van der Waals surface area contributed by atoms with Gasteiger partial charge >= 0.3 is 11.9 Å². The topological polar surface area (TPSA) is 160 Å². The molecule has 15 heteroatoms. The minimum atomic E-state index is -0.738. The summed E-state index contributed by atoms with van der Waals surface area (Å²) in [6.45, 7) is 9.34. The molecular weight excluding hydrogens is 659 g/mol. The largest absolute Gasteiger partial charge is 0.497 e. The zero-order chi connectivity index (χ0) is 34.8. The summed E-state index contributed by atoms with van der Waals surface area (Å²) >= 11 is 2.08. The van der Waals surface area contributed by atoms with Gasteiger partial charge in [0.15, 0.2) is 11.0 Å². The third kappa shape index (κ3) is 8.52. The quantitative estimate of drug-likeness (QED) is 0.120. The van der Waals surface area contributed by atoms with Crippen LogP contribution in [0.1, 0.15) is 69.5 Å². The van der Waals surface area contributed by atoms with E-state index in [1.54, 1.807) is 68.7 Å². The molecule has 0 spiro atoms. The van der Waals surface area contributed by atoms with Crippen LogP contribution >= 0.6 is 23.1 Å². The molecule has 2 N–H and O–H groups in total. The first-order chi connectivity index (χ1) is 23.1. The summed E-state index contributed by atoms with van der Waals surface area (Å²) < 4.78 is 22.9. The Morgan fingerprint density at radius 3 is 2.31 bits per heavy atom. The lowest BCUT2D eigenvalue weighted by atomic mass is 10.1. The molecule has 1 atom stereocenters. The first-order valence-electron chi connectivity index (χ1n) is 15.2. The molecule has 2 amide bonds. The molecule has 0 fully saturated rings. The fourth-order valence-electron chi connectivity index (χ4n) is 4.50. The maximum absolute atomic E-state index is 13.5. The highest BCUT2D eigenvalue weighted by atomic mass is 32.2. The van der Waals surface area contributed by atoms with Crippen molar-refractivity contribution in [1.29, 1.82) is 0 Å². The molecule has 254 valence electrons. The van der Waals surface area contributed by atoms with Crippen LogP contribution < -0.4 is 20.1 Å². The van der Waals surface area contributed by atoms with E-state index in [4.69, 9.17) is 18.9 Å². The van der Waals surface area contributed by atoms with Crippen LogP contribution in [0.2, 0.25) is 0 Å². The smallest absolute Gasteiger partial charge is 0.348 e. The number of thioether (sulfide) groups is 1. The van der Waals surface area contributed by atoms with E-state index in [2.05, 4.69) is 20.8 Å². The molecule has 0 saturated heterocycles. The number of rotatable bonds is 15. The number of hydrogen-bond acceptors (Lipinski definition) is 12. The normalized spacial score (nSPS) is 11.4. The Kier molecular flexibility index (Phi) is 12.6. The van der Waals surface area contributed by atoms with Crippen molar-refractivity contribution in [3.63, 3.8) is 0 Å². The van der Waals surface area contributed by atoms with Gasteiger partial charge in [0.1, 0.15) is 21.4 Å². The van der Waals surface area contributed by atoms with E-state index >= 15 is 0 Å². The molecular formula is C33H37N5O8S2. The summed E-state index contributed by atoms with van der Waals surface area (Å²) in [5, 5.41) is 14.2. The van der Waals surface area contributed by atoms with E-state index < -0.39 is 23.1 Å². The predicted molar refractivity (Wildman–Crippen MR) is 182 cm³/mol. The van der Waals surface area contributed by atoms with Gasteiger partial charge in [-0.05, 0) is 82.6 Å². The van der Waals surface area contributed by atoms with Gasteiger partial charge in [-0.15, -0.1) is 21.5 Å². The Hall–Kier alpha value is -4.89. The second-order valence-electron chi connectivity index (χ2n) is 10.0. The van der Waals surface area contributed by atoms with Gasteiger partial charge in [-0.25, -0.2) is 9.59 Å². The van der Waals surface area contributed by atoms with Crippen LogP contribution in [-0.4, -0.2) is 70.7 Å². The van der Waals surface area contributed by atoms with Crippen molar-refractivity contribution < 1.29 is 38.1 Å². The van der Waals surface area contributed by atoms with Crippen LogP contribution in [0.5, 0.6) is 11.5 Å². The molecule has 48 heavy (non-hydrogen) atoms. The number of carbonyl (C=O) groups is 4. The number of thiophene rings is 1. The second-order valence-corrected chi connectivity index (χ2v) is 12.4. The maximum atomic E-state index is 13.5. The van der Waals surface area contributed by atoms with Gasteiger partial charge in [-0.3, -0.25) is 14.2 Å². The standard InChI is InChI=1S/C33H37N5O8S2/c1-7-44-23-15-13-22(14-16-23)38-25(18-34-29(40)21-11-10-12-24(17-21)43-6)36-37-33(38)47-20(5)28(39)35-30-26(31(41)45-8-2)19(4)27(48-30)32(42)46-9-3/h10-17,20H,7-9,18H2,1-6H3,(H,34,40)(H,35,39). The third-order valence-corrected chi connectivity index (χ3v) is 9.05. The first-order valence-corrected chi connectivity index (χ1v) is 16.9. The number of amides is 2. The van der Waals surface area contributed by atoms with E-state index in [1.165, 1.54) is 7.11 Å². The fourth-order valence-corrected chi connectivity index (χ4v) is 6.48. The summed E-state index contributed by atoms with van der Waals surface area (Å²) in [7, 11) is 1.53. The SMILES string of the molecule is CCOC(=O)c1sc(NC(=O)C(C)Sc2nnc(CNC(=O)c3cccc(OC)c3)n2-c2ccc(OCC)cc2)c(C(=O)OCC)c1C. The zero-order valence-electron chi connectivity index (χ0n) is 27.4. The molecule has 1 unspecified atom stereocenters. The summed E-state index contributed by atoms with van der Waals surface area (Å²) in [4.78, 5) is 52.1. The molecule has 0 bridgehead atoms. The molecule has 13 nitrogen and oxygen atoms in total. The van der Waals surface area contributed by atoms with Crippen molar-refractivity contribution in [1.82, 2.24) is 20.1 Å². The average molecular weight is 696 g/mol. The Morgan fingerprint density at radius 2 is 1.65 bits per heavy atom. The van der Waals surface area contributed by atoms with Crippen LogP contribution in [0.25, 0.3) is 5.69 Å². The van der Waals surface area contributed by atoms with Gasteiger partial charge in [0.2, 0.25) is 5.91 Å². The Balaban J connectivity index is 1.60. The van der Waals surface area contributed by atoms with Crippen molar-refractivity contribution in [2.24, 2.45) is 0 Å². The number of anilines is 1. The molecule has 0 aliphatic carbocycles. The van der Waals surface area contributed by atoms with Crippen molar-refractivity contribution in [2.75, 3.05) is 32.2 Å². The average Bonchev–Trinajstić information content (AvgIpc) is 3.63. The molecule has 4 rings (SSSR count). The van der Waals surface area contributed by atoms with Crippen LogP contribution in [-0.2, 0) is 20.8 Å². The molecule has 0 aliphatic rings. The lowest BCUT2D eigenvalue weighted by molar-refractivity contribution is -0.115. The van der Waals surface area contributed by atoms with Gasteiger partial charge in [0.25, 0.3) is 5.91 Å². The third-order valence-electron chi connectivity index (χ3n) is 6.82. The Morgan fingerprint density at radius 1 is 0.938 bits per heavy atom. The second kappa shape index (κ2) is 16.8. The molecule has 2 aromatic heterocycles. The summed E-state index contributed by atoms with van der Waals surface area (Å²) in [5.74, 6) is -0.385. The van der Waals surface area contributed by atoms with Gasteiger partial charge in [-0.1, -0.05) is 17.8 Å². The number of carbonyl (C=O) groups excluding carboxylic acids is 4. The lowest BCUT2D eigenvalue weighted by Crippen LogP contribution is -2.25. The van der Waals surface area contributed by atoms with Gasteiger partial charge in [0.05, 0.1) is 44.3 Å². The zero-order valence-corrected chi connectivity index (χ0v) is 29.1. The van der Waals surface area contributed by atoms with E-state index in [9.17, 15) is 19.2 Å². The highest BCUT2D eigenvalue weighted by molar-refractivity contribution is 8.00. The molecule has 4 aromatic rings. The molecule has 0 radical (unpaired) electrons. The molecule has 2 aromatic carbocycles. The highest BCUT2D eigenvalue weighted by Crippen LogP contribution is 2.35. The minimum Gasteiger partial charge on any atom is -0.497 e. The number of benzene rings is 2. The number of aromatic nitrogens is 3. The van der Waals surface area contributed by atoms with E-state index in [-0.39, 0.29) is 41.1 Å². The summed E-state index contributed by atoms with van der Waals surface area (Å²) in [6, 6.07) is 14.0. The molecule has 0 saturated carbocycles. The number of esters is 2.